The monoisotopic (exact) mass is 444 g/mol. The molecule has 1 saturated carbocycles. The summed E-state index contributed by atoms with van der Waals surface area (Å²) in [5.74, 6) is -0.164. The van der Waals surface area contributed by atoms with E-state index in [1.807, 2.05) is 24.5 Å². The van der Waals surface area contributed by atoms with Crippen molar-refractivity contribution in [3.63, 3.8) is 0 Å². The number of pyridine rings is 1. The van der Waals surface area contributed by atoms with Crippen molar-refractivity contribution in [2.24, 2.45) is 0 Å². The highest BCUT2D eigenvalue weighted by Gasteiger charge is 2.47. The Morgan fingerprint density at radius 3 is 2.45 bits per heavy atom. The van der Waals surface area contributed by atoms with Gasteiger partial charge in [-0.1, -0.05) is 49.2 Å². The molecule has 0 amide bonds. The number of hydrogen-bond donors (Lipinski definition) is 1. The van der Waals surface area contributed by atoms with E-state index in [1.54, 1.807) is 12.1 Å². The third-order valence-corrected chi connectivity index (χ3v) is 7.73. The van der Waals surface area contributed by atoms with Crippen LogP contribution in [0, 0.1) is 5.82 Å². The lowest BCUT2D eigenvalue weighted by Crippen LogP contribution is -2.47. The summed E-state index contributed by atoms with van der Waals surface area (Å²) in [5, 5.41) is 3.71. The minimum Gasteiger partial charge on any atom is -0.375 e. The Bertz CT molecular complexity index is 1050. The summed E-state index contributed by atoms with van der Waals surface area (Å²) < 4.78 is 20.1. The fraction of sp³-hybridized carbons (Fsp3) is 0.414. The molecule has 1 aliphatic heterocycles. The molecule has 2 fully saturated rings. The van der Waals surface area contributed by atoms with Gasteiger partial charge in [-0.3, -0.25) is 4.98 Å². The third kappa shape index (κ3) is 4.87. The fourth-order valence-electron chi connectivity index (χ4n) is 6.01. The van der Waals surface area contributed by atoms with Gasteiger partial charge in [0.05, 0.1) is 5.60 Å². The Balaban J connectivity index is 1.31. The van der Waals surface area contributed by atoms with Gasteiger partial charge in [-0.15, -0.1) is 0 Å². The van der Waals surface area contributed by atoms with Crippen LogP contribution in [0.3, 0.4) is 0 Å². The van der Waals surface area contributed by atoms with Gasteiger partial charge in [0.25, 0.3) is 0 Å². The van der Waals surface area contributed by atoms with Gasteiger partial charge in [-0.2, -0.15) is 0 Å². The molecular formula is C29H33FN2O. The van der Waals surface area contributed by atoms with Crippen molar-refractivity contribution < 1.29 is 9.13 Å². The maximum atomic E-state index is 13.7. The van der Waals surface area contributed by atoms with Gasteiger partial charge < -0.3 is 10.1 Å². The highest BCUT2D eigenvalue weighted by molar-refractivity contribution is 5.66. The Kier molecular flexibility index (Phi) is 6.57. The zero-order valence-electron chi connectivity index (χ0n) is 19.2. The molecule has 4 heteroatoms. The van der Waals surface area contributed by atoms with Crippen molar-refractivity contribution in [1.29, 1.82) is 0 Å². The number of aromatic nitrogens is 1. The van der Waals surface area contributed by atoms with Gasteiger partial charge in [0, 0.05) is 31.0 Å². The largest absolute Gasteiger partial charge is 0.375 e. The SMILES string of the molecule is Fc1ccc(C2(CCNCc3ccccc3-c3ccncc3)CCOC3(CCCC3)C2)cc1. The predicted molar refractivity (Wildman–Crippen MR) is 130 cm³/mol. The first kappa shape index (κ1) is 22.2. The van der Waals surface area contributed by atoms with Crippen LogP contribution in [0.1, 0.15) is 56.1 Å². The van der Waals surface area contributed by atoms with Crippen LogP contribution in [-0.4, -0.2) is 23.7 Å². The van der Waals surface area contributed by atoms with E-state index in [0.717, 1.165) is 51.8 Å². The Hall–Kier alpha value is -2.56. The van der Waals surface area contributed by atoms with Crippen LogP contribution in [0.4, 0.5) is 4.39 Å². The first-order valence-electron chi connectivity index (χ1n) is 12.3. The lowest BCUT2D eigenvalue weighted by molar-refractivity contribution is -0.103. The molecule has 1 aliphatic carbocycles. The second-order valence-electron chi connectivity index (χ2n) is 9.77. The molecule has 1 N–H and O–H groups in total. The molecule has 5 rings (SSSR count). The summed E-state index contributed by atoms with van der Waals surface area (Å²) in [6.45, 7) is 2.53. The second-order valence-corrected chi connectivity index (χ2v) is 9.77. The number of halogens is 1. The van der Waals surface area contributed by atoms with E-state index in [9.17, 15) is 4.39 Å². The summed E-state index contributed by atoms with van der Waals surface area (Å²) in [6, 6.07) is 19.9. The van der Waals surface area contributed by atoms with Gasteiger partial charge in [0.15, 0.2) is 0 Å². The second kappa shape index (κ2) is 9.74. The standard InChI is InChI=1S/C29H33FN2O/c30-26-9-7-25(8-10-26)28(16-20-33-29(22-28)13-3-4-14-29)15-19-32-21-24-5-1-2-6-27(24)23-11-17-31-18-12-23/h1-2,5-12,17-18,32H,3-4,13-16,19-22H2. The molecule has 1 atom stereocenters. The van der Waals surface area contributed by atoms with Crippen molar-refractivity contribution in [2.75, 3.05) is 13.2 Å². The molecule has 2 aromatic carbocycles. The van der Waals surface area contributed by atoms with Crippen LogP contribution < -0.4 is 5.32 Å². The molecule has 0 bridgehead atoms. The molecule has 1 unspecified atom stereocenters. The van der Waals surface area contributed by atoms with Crippen LogP contribution in [0.5, 0.6) is 0 Å². The van der Waals surface area contributed by atoms with Gasteiger partial charge in [0.1, 0.15) is 5.82 Å². The Morgan fingerprint density at radius 2 is 1.67 bits per heavy atom. The number of rotatable bonds is 7. The number of benzene rings is 2. The summed E-state index contributed by atoms with van der Waals surface area (Å²) in [4.78, 5) is 4.15. The molecule has 33 heavy (non-hydrogen) atoms. The molecule has 1 aromatic heterocycles. The highest BCUT2D eigenvalue weighted by Crippen LogP contribution is 2.50. The Morgan fingerprint density at radius 1 is 0.909 bits per heavy atom. The molecule has 1 spiro atoms. The van der Waals surface area contributed by atoms with E-state index in [4.69, 9.17) is 4.74 Å². The van der Waals surface area contributed by atoms with Crippen LogP contribution in [0.25, 0.3) is 11.1 Å². The lowest BCUT2D eigenvalue weighted by atomic mass is 9.66. The van der Waals surface area contributed by atoms with Crippen LogP contribution in [0.15, 0.2) is 73.1 Å². The van der Waals surface area contributed by atoms with E-state index in [0.29, 0.717) is 0 Å². The molecule has 2 aliphatic rings. The first-order valence-corrected chi connectivity index (χ1v) is 12.3. The molecule has 3 aromatic rings. The molecule has 2 heterocycles. The lowest BCUT2D eigenvalue weighted by Gasteiger charge is -2.47. The topological polar surface area (TPSA) is 34.2 Å². The number of ether oxygens (including phenoxy) is 1. The smallest absolute Gasteiger partial charge is 0.123 e. The van der Waals surface area contributed by atoms with E-state index in [-0.39, 0.29) is 16.8 Å². The van der Waals surface area contributed by atoms with Crippen LogP contribution >= 0.6 is 0 Å². The normalized spacial score (nSPS) is 22.0. The van der Waals surface area contributed by atoms with Gasteiger partial charge in [0.2, 0.25) is 0 Å². The minimum atomic E-state index is -0.164. The van der Waals surface area contributed by atoms with E-state index >= 15 is 0 Å². The van der Waals surface area contributed by atoms with Crippen molar-refractivity contribution in [1.82, 2.24) is 10.3 Å². The average Bonchev–Trinajstić information content (AvgIpc) is 3.30. The summed E-state index contributed by atoms with van der Waals surface area (Å²) in [6.07, 6.45) is 11.6. The van der Waals surface area contributed by atoms with E-state index < -0.39 is 0 Å². The molecular weight excluding hydrogens is 411 g/mol. The molecule has 1 saturated heterocycles. The van der Waals surface area contributed by atoms with Crippen molar-refractivity contribution in [2.45, 2.75) is 62.5 Å². The van der Waals surface area contributed by atoms with Gasteiger partial charge >= 0.3 is 0 Å². The average molecular weight is 445 g/mol. The van der Waals surface area contributed by atoms with Crippen molar-refractivity contribution in [3.05, 3.63) is 90.0 Å². The minimum absolute atomic E-state index is 0.0145. The van der Waals surface area contributed by atoms with E-state index in [2.05, 4.69) is 46.7 Å². The van der Waals surface area contributed by atoms with Crippen LogP contribution in [-0.2, 0) is 16.7 Å². The third-order valence-electron chi connectivity index (χ3n) is 7.73. The van der Waals surface area contributed by atoms with Crippen molar-refractivity contribution in [3.8, 4) is 11.1 Å². The maximum absolute atomic E-state index is 13.7. The Labute approximate surface area is 196 Å². The number of hydrogen-bond acceptors (Lipinski definition) is 3. The maximum Gasteiger partial charge on any atom is 0.123 e. The predicted octanol–water partition coefficient (Wildman–Crippen LogP) is 6.43. The molecule has 3 nitrogen and oxygen atoms in total. The summed E-state index contributed by atoms with van der Waals surface area (Å²) in [7, 11) is 0. The highest BCUT2D eigenvalue weighted by atomic mass is 19.1. The van der Waals surface area contributed by atoms with Crippen molar-refractivity contribution >= 4 is 0 Å². The summed E-state index contributed by atoms with van der Waals surface area (Å²) in [5.41, 5.74) is 5.04. The zero-order chi connectivity index (χ0) is 22.6. The quantitative estimate of drug-likeness (QED) is 0.427. The fourth-order valence-corrected chi connectivity index (χ4v) is 6.01. The molecule has 172 valence electrons. The number of nitrogens with one attached hydrogen (secondary N) is 1. The van der Waals surface area contributed by atoms with Crippen LogP contribution in [0.2, 0.25) is 0 Å². The van der Waals surface area contributed by atoms with E-state index in [1.165, 1.54) is 35.1 Å². The zero-order valence-corrected chi connectivity index (χ0v) is 19.2. The first-order chi connectivity index (χ1) is 16.2. The molecule has 0 radical (unpaired) electrons. The number of nitrogens with zero attached hydrogens (tertiary/aromatic N) is 1. The van der Waals surface area contributed by atoms with Gasteiger partial charge in [-0.25, -0.2) is 4.39 Å². The summed E-state index contributed by atoms with van der Waals surface area (Å²) >= 11 is 0. The van der Waals surface area contributed by atoms with Gasteiger partial charge in [-0.05, 0) is 85.2 Å².